The van der Waals surface area contributed by atoms with Crippen LogP contribution in [0, 0.1) is 6.92 Å². The van der Waals surface area contributed by atoms with Gasteiger partial charge in [-0.2, -0.15) is 11.3 Å². The van der Waals surface area contributed by atoms with E-state index in [2.05, 4.69) is 5.32 Å². The van der Waals surface area contributed by atoms with Crippen LogP contribution in [-0.2, 0) is 6.54 Å². The first-order valence-electron chi connectivity index (χ1n) is 5.71. The van der Waals surface area contributed by atoms with Gasteiger partial charge in [0.2, 0.25) is 0 Å². The molecular formula is C14H13NO3S. The standard InChI is InChI=1S/C14H13NO3S/c1-9-7-19-8-12(9)6-15-13(16)10-3-2-4-11(5-10)14(17)18/h2-5,7-8H,6H2,1H3,(H,15,16)(H,17,18). The molecule has 0 aliphatic heterocycles. The Labute approximate surface area is 114 Å². The van der Waals surface area contributed by atoms with Gasteiger partial charge in [-0.05, 0) is 47.0 Å². The van der Waals surface area contributed by atoms with Gasteiger partial charge in [0.25, 0.3) is 5.91 Å². The van der Waals surface area contributed by atoms with E-state index < -0.39 is 5.97 Å². The molecule has 2 N–H and O–H groups in total. The minimum Gasteiger partial charge on any atom is -0.478 e. The van der Waals surface area contributed by atoms with Crippen LogP contribution in [0.15, 0.2) is 35.0 Å². The number of aryl methyl sites for hydroxylation is 1. The number of aromatic carboxylic acids is 1. The predicted molar refractivity (Wildman–Crippen MR) is 73.6 cm³/mol. The van der Waals surface area contributed by atoms with E-state index in [1.807, 2.05) is 17.7 Å². The molecule has 0 unspecified atom stereocenters. The van der Waals surface area contributed by atoms with E-state index in [-0.39, 0.29) is 11.5 Å². The molecule has 5 heteroatoms. The predicted octanol–water partition coefficient (Wildman–Crippen LogP) is 2.68. The highest BCUT2D eigenvalue weighted by molar-refractivity contribution is 7.08. The summed E-state index contributed by atoms with van der Waals surface area (Å²) in [6.45, 7) is 2.44. The zero-order valence-electron chi connectivity index (χ0n) is 10.3. The molecule has 0 bridgehead atoms. The van der Waals surface area contributed by atoms with E-state index in [1.54, 1.807) is 23.5 Å². The number of carbonyl (C=O) groups is 2. The molecule has 0 atom stereocenters. The fourth-order valence-corrected chi connectivity index (χ4v) is 2.50. The van der Waals surface area contributed by atoms with Crippen LogP contribution in [0.4, 0.5) is 0 Å². The molecule has 1 heterocycles. The lowest BCUT2D eigenvalue weighted by Crippen LogP contribution is -2.23. The van der Waals surface area contributed by atoms with Gasteiger partial charge < -0.3 is 10.4 Å². The van der Waals surface area contributed by atoms with Crippen molar-refractivity contribution in [3.05, 3.63) is 57.3 Å². The normalized spacial score (nSPS) is 10.2. The number of carbonyl (C=O) groups excluding carboxylic acids is 1. The molecule has 0 aliphatic rings. The average Bonchev–Trinajstić information content (AvgIpc) is 2.81. The highest BCUT2D eigenvalue weighted by Crippen LogP contribution is 2.13. The van der Waals surface area contributed by atoms with Crippen molar-refractivity contribution in [1.29, 1.82) is 0 Å². The lowest BCUT2D eigenvalue weighted by molar-refractivity contribution is 0.0697. The second-order valence-electron chi connectivity index (χ2n) is 4.15. The van der Waals surface area contributed by atoms with Gasteiger partial charge in [-0.25, -0.2) is 4.79 Å². The number of benzene rings is 1. The van der Waals surface area contributed by atoms with Crippen LogP contribution < -0.4 is 5.32 Å². The maximum atomic E-state index is 11.9. The zero-order valence-corrected chi connectivity index (χ0v) is 11.2. The molecule has 1 aromatic carbocycles. The molecule has 98 valence electrons. The minimum atomic E-state index is -1.04. The Kier molecular flexibility index (Phi) is 3.97. The summed E-state index contributed by atoms with van der Waals surface area (Å²) < 4.78 is 0. The molecule has 0 spiro atoms. The lowest BCUT2D eigenvalue weighted by Gasteiger charge is -2.05. The van der Waals surface area contributed by atoms with Crippen molar-refractivity contribution in [2.24, 2.45) is 0 Å². The number of nitrogens with one attached hydrogen (secondary N) is 1. The summed E-state index contributed by atoms with van der Waals surface area (Å²) in [5, 5.41) is 15.7. The largest absolute Gasteiger partial charge is 0.478 e. The summed E-state index contributed by atoms with van der Waals surface area (Å²) in [4.78, 5) is 22.8. The van der Waals surface area contributed by atoms with Gasteiger partial charge in [0, 0.05) is 12.1 Å². The van der Waals surface area contributed by atoms with Crippen molar-refractivity contribution in [2.45, 2.75) is 13.5 Å². The Bertz CT molecular complexity index is 619. The van der Waals surface area contributed by atoms with Crippen molar-refractivity contribution in [3.8, 4) is 0 Å². The summed E-state index contributed by atoms with van der Waals surface area (Å²) in [6, 6.07) is 6.00. The third kappa shape index (κ3) is 3.20. The number of carboxylic acids is 1. The van der Waals surface area contributed by atoms with Crippen molar-refractivity contribution in [3.63, 3.8) is 0 Å². The van der Waals surface area contributed by atoms with Crippen molar-refractivity contribution in [1.82, 2.24) is 5.32 Å². The van der Waals surface area contributed by atoms with E-state index in [0.29, 0.717) is 12.1 Å². The smallest absolute Gasteiger partial charge is 0.335 e. The molecule has 2 aromatic rings. The van der Waals surface area contributed by atoms with Gasteiger partial charge in [-0.3, -0.25) is 4.79 Å². The first-order valence-corrected chi connectivity index (χ1v) is 6.65. The Morgan fingerprint density at radius 2 is 2.00 bits per heavy atom. The van der Waals surface area contributed by atoms with Crippen LogP contribution in [0.5, 0.6) is 0 Å². The van der Waals surface area contributed by atoms with Crippen LogP contribution in [-0.4, -0.2) is 17.0 Å². The van der Waals surface area contributed by atoms with Gasteiger partial charge in [0.05, 0.1) is 5.56 Å². The lowest BCUT2D eigenvalue weighted by atomic mass is 10.1. The maximum absolute atomic E-state index is 11.9. The third-order valence-electron chi connectivity index (χ3n) is 2.77. The average molecular weight is 275 g/mol. The van der Waals surface area contributed by atoms with Crippen LogP contribution in [0.1, 0.15) is 31.8 Å². The van der Waals surface area contributed by atoms with Crippen molar-refractivity contribution >= 4 is 23.2 Å². The molecule has 2 rings (SSSR count). The summed E-state index contributed by atoms with van der Waals surface area (Å²) in [6.07, 6.45) is 0. The molecule has 1 amide bonds. The van der Waals surface area contributed by atoms with E-state index in [9.17, 15) is 9.59 Å². The first kappa shape index (κ1) is 13.3. The quantitative estimate of drug-likeness (QED) is 0.901. The van der Waals surface area contributed by atoms with E-state index in [0.717, 1.165) is 11.1 Å². The molecule has 0 aliphatic carbocycles. The third-order valence-corrected chi connectivity index (χ3v) is 3.68. The van der Waals surface area contributed by atoms with Crippen LogP contribution in [0.3, 0.4) is 0 Å². The Balaban J connectivity index is 2.06. The summed E-state index contributed by atoms with van der Waals surface area (Å²) >= 11 is 1.59. The zero-order chi connectivity index (χ0) is 13.8. The molecule has 19 heavy (non-hydrogen) atoms. The summed E-state index contributed by atoms with van der Waals surface area (Å²) in [5.74, 6) is -1.31. The summed E-state index contributed by atoms with van der Waals surface area (Å²) in [7, 11) is 0. The number of rotatable bonds is 4. The molecule has 0 radical (unpaired) electrons. The van der Waals surface area contributed by atoms with Gasteiger partial charge >= 0.3 is 5.97 Å². The van der Waals surface area contributed by atoms with Gasteiger partial charge in [-0.1, -0.05) is 6.07 Å². The fraction of sp³-hybridized carbons (Fsp3) is 0.143. The monoisotopic (exact) mass is 275 g/mol. The summed E-state index contributed by atoms with van der Waals surface area (Å²) in [5.41, 5.74) is 2.68. The molecule has 0 saturated heterocycles. The van der Waals surface area contributed by atoms with Crippen molar-refractivity contribution < 1.29 is 14.7 Å². The van der Waals surface area contributed by atoms with Crippen LogP contribution in [0.2, 0.25) is 0 Å². The number of thiophene rings is 1. The van der Waals surface area contributed by atoms with Crippen LogP contribution >= 0.6 is 11.3 Å². The Morgan fingerprint density at radius 1 is 1.26 bits per heavy atom. The highest BCUT2D eigenvalue weighted by atomic mass is 32.1. The fourth-order valence-electron chi connectivity index (χ4n) is 1.64. The second-order valence-corrected chi connectivity index (χ2v) is 4.89. The van der Waals surface area contributed by atoms with Gasteiger partial charge in [0.15, 0.2) is 0 Å². The number of amides is 1. The van der Waals surface area contributed by atoms with Gasteiger partial charge in [0.1, 0.15) is 0 Å². The van der Waals surface area contributed by atoms with Crippen molar-refractivity contribution in [2.75, 3.05) is 0 Å². The SMILES string of the molecule is Cc1cscc1CNC(=O)c1cccc(C(=O)O)c1. The maximum Gasteiger partial charge on any atom is 0.335 e. The van der Waals surface area contributed by atoms with E-state index in [1.165, 1.54) is 12.1 Å². The Hall–Kier alpha value is -2.14. The molecule has 1 aromatic heterocycles. The second kappa shape index (κ2) is 5.67. The Morgan fingerprint density at radius 3 is 2.63 bits per heavy atom. The number of carboxylic acid groups (broad SMARTS) is 1. The molecule has 0 saturated carbocycles. The minimum absolute atomic E-state index is 0.111. The van der Waals surface area contributed by atoms with Crippen LogP contribution in [0.25, 0.3) is 0 Å². The van der Waals surface area contributed by atoms with E-state index in [4.69, 9.17) is 5.11 Å². The number of hydrogen-bond acceptors (Lipinski definition) is 3. The van der Waals surface area contributed by atoms with Gasteiger partial charge in [-0.15, -0.1) is 0 Å². The van der Waals surface area contributed by atoms with E-state index >= 15 is 0 Å². The molecule has 4 nitrogen and oxygen atoms in total. The highest BCUT2D eigenvalue weighted by Gasteiger charge is 2.09. The topological polar surface area (TPSA) is 66.4 Å². The molecule has 0 fully saturated rings. The first-order chi connectivity index (χ1) is 9.08. The molecular weight excluding hydrogens is 262 g/mol. The number of hydrogen-bond donors (Lipinski definition) is 2.